The van der Waals surface area contributed by atoms with Gasteiger partial charge in [0, 0.05) is 18.8 Å². The second-order valence-electron chi connectivity index (χ2n) is 4.67. The van der Waals surface area contributed by atoms with Crippen molar-refractivity contribution in [1.29, 1.82) is 0 Å². The Bertz CT molecular complexity index is 574. The van der Waals surface area contributed by atoms with Crippen LogP contribution < -0.4 is 15.5 Å². The van der Waals surface area contributed by atoms with Crippen LogP contribution in [0.5, 0.6) is 0 Å². The highest BCUT2D eigenvalue weighted by Gasteiger charge is 2.25. The predicted octanol–water partition coefficient (Wildman–Crippen LogP) is 0.764. The lowest BCUT2D eigenvalue weighted by molar-refractivity contribution is -0.117. The van der Waals surface area contributed by atoms with Crippen LogP contribution in [0, 0.1) is 12.3 Å². The van der Waals surface area contributed by atoms with E-state index >= 15 is 0 Å². The second-order valence-corrected chi connectivity index (χ2v) is 4.67. The van der Waals surface area contributed by atoms with Crippen molar-refractivity contribution in [3.8, 4) is 12.3 Å². The number of aliphatic imine (C=N–C) groups is 1. The van der Waals surface area contributed by atoms with Gasteiger partial charge in [0.1, 0.15) is 0 Å². The first-order chi connectivity index (χ1) is 10.3. The molecule has 1 heterocycles. The standard InChI is InChI=1S/C16H20N4O/c1-3-9-18-16(17-4-2)19-10-11-20-14-8-6-5-7-13(14)12-15(20)21/h1,5-8H,4,9-12H2,2H3,(H2,17,18,19). The molecule has 0 fully saturated rings. The summed E-state index contributed by atoms with van der Waals surface area (Å²) >= 11 is 0. The Morgan fingerprint density at radius 3 is 3.00 bits per heavy atom. The molecule has 1 amide bonds. The summed E-state index contributed by atoms with van der Waals surface area (Å²) in [5.74, 6) is 3.32. The first-order valence-corrected chi connectivity index (χ1v) is 7.10. The number of para-hydroxylation sites is 1. The average molecular weight is 284 g/mol. The molecule has 110 valence electrons. The number of anilines is 1. The molecule has 2 N–H and O–H groups in total. The highest BCUT2D eigenvalue weighted by atomic mass is 16.2. The molecule has 0 saturated heterocycles. The molecule has 1 aromatic carbocycles. The van der Waals surface area contributed by atoms with Gasteiger partial charge in [0.25, 0.3) is 0 Å². The molecule has 0 aromatic heterocycles. The fourth-order valence-electron chi connectivity index (χ4n) is 2.30. The number of carbonyl (C=O) groups excluding carboxylic acids is 1. The maximum atomic E-state index is 12.0. The van der Waals surface area contributed by atoms with E-state index in [1.54, 1.807) is 4.90 Å². The molecule has 0 bridgehead atoms. The largest absolute Gasteiger partial charge is 0.357 e. The van der Waals surface area contributed by atoms with E-state index in [9.17, 15) is 4.79 Å². The molecule has 1 aliphatic rings. The minimum Gasteiger partial charge on any atom is -0.357 e. The summed E-state index contributed by atoms with van der Waals surface area (Å²) in [7, 11) is 0. The van der Waals surface area contributed by atoms with Crippen molar-refractivity contribution in [2.75, 3.05) is 31.1 Å². The molecule has 0 atom stereocenters. The lowest BCUT2D eigenvalue weighted by Crippen LogP contribution is -2.38. The van der Waals surface area contributed by atoms with Gasteiger partial charge in [-0.05, 0) is 18.6 Å². The van der Waals surface area contributed by atoms with E-state index < -0.39 is 0 Å². The average Bonchev–Trinajstić information content (AvgIpc) is 2.81. The highest BCUT2D eigenvalue weighted by molar-refractivity contribution is 6.01. The van der Waals surface area contributed by atoms with Crippen LogP contribution in [-0.4, -0.2) is 38.0 Å². The molecule has 0 spiro atoms. The second kappa shape index (κ2) is 7.34. The third-order valence-electron chi connectivity index (χ3n) is 3.22. The molecule has 0 radical (unpaired) electrons. The first-order valence-electron chi connectivity index (χ1n) is 7.10. The molecule has 21 heavy (non-hydrogen) atoms. The van der Waals surface area contributed by atoms with E-state index in [4.69, 9.17) is 6.42 Å². The van der Waals surface area contributed by atoms with Crippen molar-refractivity contribution >= 4 is 17.6 Å². The summed E-state index contributed by atoms with van der Waals surface area (Å²) in [6, 6.07) is 7.88. The number of amides is 1. The van der Waals surface area contributed by atoms with Crippen LogP contribution in [0.1, 0.15) is 12.5 Å². The van der Waals surface area contributed by atoms with Crippen LogP contribution >= 0.6 is 0 Å². The number of guanidine groups is 1. The highest BCUT2D eigenvalue weighted by Crippen LogP contribution is 2.27. The summed E-state index contributed by atoms with van der Waals surface area (Å²) in [4.78, 5) is 18.2. The smallest absolute Gasteiger partial charge is 0.231 e. The number of terminal acetylenes is 1. The van der Waals surface area contributed by atoms with Gasteiger partial charge in [-0.1, -0.05) is 24.1 Å². The number of nitrogens with one attached hydrogen (secondary N) is 2. The molecule has 5 nitrogen and oxygen atoms in total. The Balaban J connectivity index is 1.96. The quantitative estimate of drug-likeness (QED) is 0.477. The summed E-state index contributed by atoms with van der Waals surface area (Å²) in [5.41, 5.74) is 2.09. The number of hydrogen-bond donors (Lipinski definition) is 2. The lowest BCUT2D eigenvalue weighted by atomic mass is 10.2. The third kappa shape index (κ3) is 3.76. The maximum Gasteiger partial charge on any atom is 0.231 e. The number of fused-ring (bicyclic) bond motifs is 1. The van der Waals surface area contributed by atoms with Crippen molar-refractivity contribution < 1.29 is 4.79 Å². The van der Waals surface area contributed by atoms with Crippen LogP contribution in [0.3, 0.4) is 0 Å². The molecule has 2 rings (SSSR count). The number of carbonyl (C=O) groups is 1. The van der Waals surface area contributed by atoms with Gasteiger partial charge in [-0.25, -0.2) is 0 Å². The molecule has 1 aliphatic heterocycles. The van der Waals surface area contributed by atoms with Crippen molar-refractivity contribution in [2.45, 2.75) is 13.3 Å². The number of rotatable bonds is 5. The summed E-state index contributed by atoms with van der Waals surface area (Å²) in [6.45, 7) is 4.29. The van der Waals surface area contributed by atoms with E-state index in [-0.39, 0.29) is 5.91 Å². The molecule has 5 heteroatoms. The summed E-state index contributed by atoms with van der Waals surface area (Å²) in [6.07, 6.45) is 5.71. The number of hydrogen-bond acceptors (Lipinski definition) is 2. The molecule has 0 saturated carbocycles. The molecule has 0 aliphatic carbocycles. The van der Waals surface area contributed by atoms with Crippen LogP contribution in [0.25, 0.3) is 0 Å². The van der Waals surface area contributed by atoms with Crippen molar-refractivity contribution in [3.05, 3.63) is 29.8 Å². The summed E-state index contributed by atoms with van der Waals surface area (Å²) in [5, 5.41) is 6.14. The Labute approximate surface area is 125 Å². The van der Waals surface area contributed by atoms with Crippen molar-refractivity contribution in [1.82, 2.24) is 10.6 Å². The molecule has 0 unspecified atom stereocenters. The Morgan fingerprint density at radius 2 is 2.24 bits per heavy atom. The first kappa shape index (κ1) is 14.9. The topological polar surface area (TPSA) is 56.7 Å². The van der Waals surface area contributed by atoms with Crippen molar-refractivity contribution in [3.63, 3.8) is 0 Å². The van der Waals surface area contributed by atoms with Gasteiger partial charge in [-0.15, -0.1) is 6.42 Å². The zero-order valence-electron chi connectivity index (χ0n) is 12.2. The Morgan fingerprint density at radius 1 is 1.43 bits per heavy atom. The van der Waals surface area contributed by atoms with E-state index in [2.05, 4.69) is 21.5 Å². The fraction of sp³-hybridized carbons (Fsp3) is 0.375. The van der Waals surface area contributed by atoms with Gasteiger partial charge in [0.2, 0.25) is 5.91 Å². The van der Waals surface area contributed by atoms with Gasteiger partial charge >= 0.3 is 0 Å². The predicted molar refractivity (Wildman–Crippen MR) is 85.3 cm³/mol. The Kier molecular flexibility index (Phi) is 5.22. The van der Waals surface area contributed by atoms with E-state index in [0.29, 0.717) is 32.0 Å². The number of nitrogens with zero attached hydrogens (tertiary/aromatic N) is 2. The van der Waals surface area contributed by atoms with E-state index in [0.717, 1.165) is 17.8 Å². The normalized spacial score (nSPS) is 13.8. The molecule has 1 aromatic rings. The van der Waals surface area contributed by atoms with Gasteiger partial charge in [0.15, 0.2) is 5.96 Å². The lowest BCUT2D eigenvalue weighted by Gasteiger charge is -2.16. The number of benzene rings is 1. The van der Waals surface area contributed by atoms with Gasteiger partial charge < -0.3 is 15.5 Å². The molecular weight excluding hydrogens is 264 g/mol. The summed E-state index contributed by atoms with van der Waals surface area (Å²) < 4.78 is 0. The van der Waals surface area contributed by atoms with Crippen LogP contribution in [-0.2, 0) is 11.2 Å². The monoisotopic (exact) mass is 284 g/mol. The van der Waals surface area contributed by atoms with E-state index in [1.165, 1.54) is 0 Å². The van der Waals surface area contributed by atoms with E-state index in [1.807, 2.05) is 31.2 Å². The molecular formula is C16H20N4O. The maximum absolute atomic E-state index is 12.0. The van der Waals surface area contributed by atoms with Crippen LogP contribution in [0.4, 0.5) is 5.69 Å². The fourth-order valence-corrected chi connectivity index (χ4v) is 2.30. The Hall–Kier alpha value is -2.48. The van der Waals surface area contributed by atoms with Gasteiger partial charge in [-0.2, -0.15) is 0 Å². The van der Waals surface area contributed by atoms with Gasteiger partial charge in [-0.3, -0.25) is 9.79 Å². The van der Waals surface area contributed by atoms with Crippen molar-refractivity contribution in [2.24, 2.45) is 4.99 Å². The SMILES string of the molecule is C#CCNC(=NCCN1C(=O)Cc2ccccc21)NCC. The zero-order valence-corrected chi connectivity index (χ0v) is 12.2. The van der Waals surface area contributed by atoms with Crippen LogP contribution in [0.15, 0.2) is 29.3 Å². The van der Waals surface area contributed by atoms with Gasteiger partial charge in [0.05, 0.1) is 19.5 Å². The minimum absolute atomic E-state index is 0.132. The minimum atomic E-state index is 0.132. The van der Waals surface area contributed by atoms with Crippen LogP contribution in [0.2, 0.25) is 0 Å². The third-order valence-corrected chi connectivity index (χ3v) is 3.22. The zero-order chi connectivity index (χ0) is 15.1.